The fourth-order valence-corrected chi connectivity index (χ4v) is 3.05. The summed E-state index contributed by atoms with van der Waals surface area (Å²) in [4.78, 5) is 21.9. The molecule has 0 saturated heterocycles. The summed E-state index contributed by atoms with van der Waals surface area (Å²) in [6.07, 6.45) is 2.36. The van der Waals surface area contributed by atoms with Gasteiger partial charge < -0.3 is 4.57 Å². The zero-order valence-electron chi connectivity index (χ0n) is 12.4. The molecule has 2 rings (SSSR count). The van der Waals surface area contributed by atoms with Gasteiger partial charge in [0.25, 0.3) is 5.69 Å². The predicted molar refractivity (Wildman–Crippen MR) is 82.3 cm³/mol. The molecule has 0 N–H and O–H groups in total. The van der Waals surface area contributed by atoms with E-state index < -0.39 is 4.92 Å². The number of benzene rings is 1. The molecule has 0 aliphatic heterocycles. The van der Waals surface area contributed by atoms with Crippen LogP contribution in [0.25, 0.3) is 0 Å². The zero-order chi connectivity index (χ0) is 16.1. The summed E-state index contributed by atoms with van der Waals surface area (Å²) in [6.45, 7) is 4.74. The number of carbonyl (C=O) groups excluding carboxylic acids is 1. The van der Waals surface area contributed by atoms with Crippen molar-refractivity contribution in [3.8, 4) is 0 Å². The Bertz CT molecular complexity index is 699. The zero-order valence-corrected chi connectivity index (χ0v) is 13.2. The third kappa shape index (κ3) is 3.33. The second-order valence-corrected chi connectivity index (χ2v) is 5.61. The van der Waals surface area contributed by atoms with Gasteiger partial charge in [0.05, 0.1) is 9.82 Å². The lowest BCUT2D eigenvalue weighted by Gasteiger charge is -2.07. The van der Waals surface area contributed by atoms with Crippen molar-refractivity contribution in [2.24, 2.45) is 0 Å². The molecule has 1 heterocycles. The summed E-state index contributed by atoms with van der Waals surface area (Å²) in [5, 5.41) is 20.1. The van der Waals surface area contributed by atoms with Gasteiger partial charge in [-0.2, -0.15) is 0 Å². The van der Waals surface area contributed by atoms with Crippen LogP contribution in [0.5, 0.6) is 0 Å². The molecule has 0 aliphatic carbocycles. The maximum Gasteiger partial charge on any atom is 0.284 e. The molecule has 116 valence electrons. The number of aldehydes is 1. The smallest absolute Gasteiger partial charge is 0.284 e. The SMILES string of the molecule is CCCc1nnc(Sc2ccc(C=O)cc2[N+](=O)[O-])n1CC. The molecular formula is C14H16N4O3S. The molecule has 0 amide bonds. The summed E-state index contributed by atoms with van der Waals surface area (Å²) in [6, 6.07) is 4.40. The number of rotatable bonds is 7. The second kappa shape index (κ2) is 7.17. The normalized spacial score (nSPS) is 10.6. The Labute approximate surface area is 131 Å². The molecule has 0 atom stereocenters. The van der Waals surface area contributed by atoms with E-state index in [0.717, 1.165) is 18.7 Å². The lowest BCUT2D eigenvalue weighted by molar-refractivity contribution is -0.387. The highest BCUT2D eigenvalue weighted by Crippen LogP contribution is 2.34. The van der Waals surface area contributed by atoms with Crippen LogP contribution in [0.1, 0.15) is 36.5 Å². The molecule has 0 spiro atoms. The van der Waals surface area contributed by atoms with Crippen molar-refractivity contribution in [3.05, 3.63) is 39.7 Å². The largest absolute Gasteiger partial charge is 0.306 e. The summed E-state index contributed by atoms with van der Waals surface area (Å²) < 4.78 is 1.95. The quantitative estimate of drug-likeness (QED) is 0.442. The number of nitro groups is 1. The number of nitrogens with zero attached hydrogens (tertiary/aromatic N) is 4. The van der Waals surface area contributed by atoms with Crippen LogP contribution < -0.4 is 0 Å². The van der Waals surface area contributed by atoms with Crippen molar-refractivity contribution in [1.82, 2.24) is 14.8 Å². The minimum atomic E-state index is -0.491. The van der Waals surface area contributed by atoms with Crippen molar-refractivity contribution >= 4 is 23.7 Å². The molecule has 0 bridgehead atoms. The van der Waals surface area contributed by atoms with Crippen LogP contribution in [-0.2, 0) is 13.0 Å². The van der Waals surface area contributed by atoms with Crippen LogP contribution in [-0.4, -0.2) is 26.0 Å². The minimum Gasteiger partial charge on any atom is -0.306 e. The van der Waals surface area contributed by atoms with Gasteiger partial charge in [-0.3, -0.25) is 14.9 Å². The van der Waals surface area contributed by atoms with E-state index in [2.05, 4.69) is 17.1 Å². The van der Waals surface area contributed by atoms with Gasteiger partial charge in [0, 0.05) is 24.6 Å². The van der Waals surface area contributed by atoms with Crippen molar-refractivity contribution in [1.29, 1.82) is 0 Å². The highest BCUT2D eigenvalue weighted by atomic mass is 32.2. The second-order valence-electron chi connectivity index (χ2n) is 4.60. The predicted octanol–water partition coefficient (Wildman–Crippen LogP) is 3.12. The van der Waals surface area contributed by atoms with Crippen molar-refractivity contribution in [2.75, 3.05) is 0 Å². The van der Waals surface area contributed by atoms with Gasteiger partial charge in [0.1, 0.15) is 12.1 Å². The van der Waals surface area contributed by atoms with Gasteiger partial charge in [0.2, 0.25) is 0 Å². The molecule has 2 aromatic rings. The first-order chi connectivity index (χ1) is 10.6. The first kappa shape index (κ1) is 16.2. The van der Waals surface area contributed by atoms with Crippen molar-refractivity contribution in [3.63, 3.8) is 0 Å². The van der Waals surface area contributed by atoms with Crippen molar-refractivity contribution in [2.45, 2.75) is 43.3 Å². The molecule has 1 aromatic heterocycles. The van der Waals surface area contributed by atoms with Crippen molar-refractivity contribution < 1.29 is 9.72 Å². The highest BCUT2D eigenvalue weighted by Gasteiger charge is 2.19. The number of nitro benzene ring substituents is 1. The number of hydrogen-bond acceptors (Lipinski definition) is 6. The third-order valence-electron chi connectivity index (χ3n) is 3.10. The lowest BCUT2D eigenvalue weighted by Crippen LogP contribution is -2.03. The van der Waals surface area contributed by atoms with Gasteiger partial charge in [-0.05, 0) is 31.2 Å². The highest BCUT2D eigenvalue weighted by molar-refractivity contribution is 7.99. The number of hydrogen-bond donors (Lipinski definition) is 0. The Morgan fingerprint density at radius 1 is 1.36 bits per heavy atom. The Kier molecular flexibility index (Phi) is 5.26. The Balaban J connectivity index is 2.38. The monoisotopic (exact) mass is 320 g/mol. The van der Waals surface area contributed by atoms with Crippen LogP contribution in [0.15, 0.2) is 28.3 Å². The van der Waals surface area contributed by atoms with E-state index in [1.165, 1.54) is 17.8 Å². The van der Waals surface area contributed by atoms with Crippen LogP contribution in [0.4, 0.5) is 5.69 Å². The standard InChI is InChI=1S/C14H16N4O3S/c1-3-5-13-15-16-14(17(13)4-2)22-12-7-6-10(9-19)8-11(12)18(20)21/h6-9H,3-5H2,1-2H3. The van der Waals surface area contributed by atoms with Gasteiger partial charge in [0.15, 0.2) is 5.16 Å². The maximum atomic E-state index is 11.2. The van der Waals surface area contributed by atoms with Gasteiger partial charge in [-0.1, -0.05) is 13.0 Å². The number of carbonyl (C=O) groups is 1. The molecule has 0 aliphatic rings. The molecule has 8 heteroatoms. The van der Waals surface area contributed by atoms with Gasteiger partial charge in [-0.25, -0.2) is 0 Å². The Hall–Kier alpha value is -2.22. The third-order valence-corrected chi connectivity index (χ3v) is 4.15. The first-order valence-electron chi connectivity index (χ1n) is 6.94. The molecule has 0 unspecified atom stereocenters. The fraction of sp³-hybridized carbons (Fsp3) is 0.357. The summed E-state index contributed by atoms with van der Waals surface area (Å²) in [5.74, 6) is 0.875. The molecule has 0 fully saturated rings. The van der Waals surface area contributed by atoms with E-state index in [4.69, 9.17) is 0 Å². The summed E-state index contributed by atoms with van der Waals surface area (Å²) in [5.41, 5.74) is 0.178. The number of aromatic nitrogens is 3. The van der Waals surface area contributed by atoms with Crippen LogP contribution in [0.2, 0.25) is 0 Å². The Morgan fingerprint density at radius 2 is 2.14 bits per heavy atom. The molecule has 22 heavy (non-hydrogen) atoms. The molecule has 0 radical (unpaired) electrons. The van der Waals surface area contributed by atoms with E-state index in [-0.39, 0.29) is 11.3 Å². The molecule has 0 saturated carbocycles. The van der Waals surface area contributed by atoms with Crippen LogP contribution in [0.3, 0.4) is 0 Å². The van der Waals surface area contributed by atoms with E-state index >= 15 is 0 Å². The van der Waals surface area contributed by atoms with E-state index in [9.17, 15) is 14.9 Å². The maximum absolute atomic E-state index is 11.2. The average Bonchev–Trinajstić information content (AvgIpc) is 2.89. The molecular weight excluding hydrogens is 304 g/mol. The summed E-state index contributed by atoms with van der Waals surface area (Å²) in [7, 11) is 0. The average molecular weight is 320 g/mol. The van der Waals surface area contributed by atoms with E-state index in [1.807, 2.05) is 11.5 Å². The van der Waals surface area contributed by atoms with Gasteiger partial charge >= 0.3 is 0 Å². The fourth-order valence-electron chi connectivity index (χ4n) is 2.06. The van der Waals surface area contributed by atoms with Crippen LogP contribution in [0, 0.1) is 10.1 Å². The lowest BCUT2D eigenvalue weighted by atomic mass is 10.2. The van der Waals surface area contributed by atoms with Gasteiger partial charge in [-0.15, -0.1) is 10.2 Å². The summed E-state index contributed by atoms with van der Waals surface area (Å²) >= 11 is 1.19. The van der Waals surface area contributed by atoms with E-state index in [1.54, 1.807) is 12.1 Å². The van der Waals surface area contributed by atoms with Crippen LogP contribution >= 0.6 is 11.8 Å². The Morgan fingerprint density at radius 3 is 2.73 bits per heavy atom. The minimum absolute atomic E-state index is 0.0997. The number of aryl methyl sites for hydroxylation is 1. The molecule has 7 nitrogen and oxygen atoms in total. The van der Waals surface area contributed by atoms with E-state index in [0.29, 0.717) is 22.9 Å². The first-order valence-corrected chi connectivity index (χ1v) is 7.75. The molecule has 1 aromatic carbocycles. The topological polar surface area (TPSA) is 90.9 Å².